The largest absolute Gasteiger partial charge is 0.481 e. The first kappa shape index (κ1) is 19.6. The lowest BCUT2D eigenvalue weighted by atomic mass is 10.1. The maximum Gasteiger partial charge on any atom is 0.344 e. The molecule has 0 amide bonds. The molecule has 0 N–H and O–H groups in total. The third-order valence-corrected chi connectivity index (χ3v) is 4.33. The Kier molecular flexibility index (Phi) is 5.78. The number of benzene rings is 2. The van der Waals surface area contributed by atoms with Crippen molar-refractivity contribution in [2.24, 2.45) is 0 Å². The molecule has 3 aromatic rings. The normalized spacial score (nSPS) is 11.9. The smallest absolute Gasteiger partial charge is 0.344 e. The van der Waals surface area contributed by atoms with Gasteiger partial charge in [0.05, 0.1) is 0 Å². The minimum atomic E-state index is -0.664. The molecule has 1 atom stereocenters. The zero-order valence-electron chi connectivity index (χ0n) is 16.8. The summed E-state index contributed by atoms with van der Waals surface area (Å²) < 4.78 is 16.7. The molecular formula is C22H24N2O4. The van der Waals surface area contributed by atoms with Crippen LogP contribution in [-0.2, 0) is 9.53 Å². The Labute approximate surface area is 164 Å². The zero-order valence-corrected chi connectivity index (χ0v) is 16.8. The van der Waals surface area contributed by atoms with Gasteiger partial charge in [-0.25, -0.2) is 4.79 Å². The standard InChI is InChI=1S/C22H24N2O4/c1-13-6-8-18(9-7-13)22-24-23-21(28-22)17(5)27-19(25)12-26-20-15(3)10-14(2)11-16(20)4/h6-11,17H,12H2,1-5H3/t17-/m0/s1. The van der Waals surface area contributed by atoms with E-state index in [1.807, 2.05) is 64.1 Å². The van der Waals surface area contributed by atoms with Crippen LogP contribution in [-0.4, -0.2) is 22.8 Å². The molecule has 1 heterocycles. The molecule has 3 rings (SSSR count). The van der Waals surface area contributed by atoms with Crippen LogP contribution in [0.2, 0.25) is 0 Å². The third-order valence-electron chi connectivity index (χ3n) is 4.33. The number of nitrogens with zero attached hydrogens (tertiary/aromatic N) is 2. The van der Waals surface area contributed by atoms with Crippen LogP contribution in [0.1, 0.15) is 41.2 Å². The number of aryl methyl sites for hydroxylation is 4. The van der Waals surface area contributed by atoms with E-state index in [9.17, 15) is 4.79 Å². The number of hydrogen-bond acceptors (Lipinski definition) is 6. The van der Waals surface area contributed by atoms with Crippen LogP contribution in [0.5, 0.6) is 5.75 Å². The van der Waals surface area contributed by atoms with Crippen LogP contribution in [0.3, 0.4) is 0 Å². The van der Waals surface area contributed by atoms with E-state index in [4.69, 9.17) is 13.9 Å². The summed E-state index contributed by atoms with van der Waals surface area (Å²) in [6.45, 7) is 9.44. The maximum atomic E-state index is 12.2. The molecule has 0 saturated carbocycles. The minimum absolute atomic E-state index is 0.186. The van der Waals surface area contributed by atoms with E-state index in [-0.39, 0.29) is 12.5 Å². The number of carbonyl (C=O) groups excluding carboxylic acids is 1. The maximum absolute atomic E-state index is 12.2. The van der Waals surface area contributed by atoms with Gasteiger partial charge in [-0.1, -0.05) is 35.4 Å². The highest BCUT2D eigenvalue weighted by Gasteiger charge is 2.20. The van der Waals surface area contributed by atoms with Gasteiger partial charge in [0.15, 0.2) is 12.7 Å². The summed E-state index contributed by atoms with van der Waals surface area (Å²) in [5, 5.41) is 8.02. The van der Waals surface area contributed by atoms with Crippen LogP contribution in [0, 0.1) is 27.7 Å². The summed E-state index contributed by atoms with van der Waals surface area (Å²) >= 11 is 0. The molecule has 6 heteroatoms. The summed E-state index contributed by atoms with van der Waals surface area (Å²) in [6.07, 6.45) is -0.664. The molecule has 0 saturated heterocycles. The lowest BCUT2D eigenvalue weighted by Crippen LogP contribution is -2.17. The van der Waals surface area contributed by atoms with Gasteiger partial charge in [-0.05, 0) is 57.9 Å². The Bertz CT molecular complexity index is 953. The van der Waals surface area contributed by atoms with Crippen molar-refractivity contribution in [3.63, 3.8) is 0 Å². The molecule has 0 bridgehead atoms. The van der Waals surface area contributed by atoms with Crippen molar-refractivity contribution in [1.82, 2.24) is 10.2 Å². The fraction of sp³-hybridized carbons (Fsp3) is 0.318. The lowest BCUT2D eigenvalue weighted by Gasteiger charge is -2.14. The lowest BCUT2D eigenvalue weighted by molar-refractivity contribution is -0.152. The molecule has 0 aliphatic rings. The molecule has 0 fully saturated rings. The number of rotatable bonds is 6. The molecule has 0 radical (unpaired) electrons. The summed E-state index contributed by atoms with van der Waals surface area (Å²) in [4.78, 5) is 12.2. The Morgan fingerprint density at radius 3 is 2.29 bits per heavy atom. The van der Waals surface area contributed by atoms with Gasteiger partial charge in [0, 0.05) is 5.56 Å². The molecule has 2 aromatic carbocycles. The van der Waals surface area contributed by atoms with Crippen molar-refractivity contribution in [3.05, 3.63) is 64.5 Å². The van der Waals surface area contributed by atoms with E-state index >= 15 is 0 Å². The van der Waals surface area contributed by atoms with Gasteiger partial charge in [-0.15, -0.1) is 10.2 Å². The molecule has 1 aromatic heterocycles. The number of carbonyl (C=O) groups is 1. The summed E-state index contributed by atoms with van der Waals surface area (Å²) in [5.74, 6) is 0.836. The van der Waals surface area contributed by atoms with Crippen molar-refractivity contribution in [3.8, 4) is 17.2 Å². The Hall–Kier alpha value is -3.15. The predicted octanol–water partition coefficient (Wildman–Crippen LogP) is 4.65. The first-order valence-corrected chi connectivity index (χ1v) is 9.14. The molecule has 6 nitrogen and oxygen atoms in total. The number of hydrogen-bond donors (Lipinski definition) is 0. The molecule has 0 aliphatic carbocycles. The highest BCUT2D eigenvalue weighted by molar-refractivity contribution is 5.71. The monoisotopic (exact) mass is 380 g/mol. The molecular weight excluding hydrogens is 356 g/mol. The minimum Gasteiger partial charge on any atom is -0.481 e. The molecule has 0 aliphatic heterocycles. The summed E-state index contributed by atoms with van der Waals surface area (Å²) in [7, 11) is 0. The fourth-order valence-corrected chi connectivity index (χ4v) is 3.02. The van der Waals surface area contributed by atoms with E-state index in [1.54, 1.807) is 6.92 Å². The van der Waals surface area contributed by atoms with E-state index in [2.05, 4.69) is 10.2 Å². The predicted molar refractivity (Wildman–Crippen MR) is 105 cm³/mol. The van der Waals surface area contributed by atoms with Gasteiger partial charge in [0.1, 0.15) is 5.75 Å². The van der Waals surface area contributed by atoms with Crippen molar-refractivity contribution in [2.75, 3.05) is 6.61 Å². The SMILES string of the molecule is Cc1ccc(-c2nnc([C@H](C)OC(=O)COc3c(C)cc(C)cc3C)o2)cc1. The van der Waals surface area contributed by atoms with Gasteiger partial charge in [0.25, 0.3) is 5.89 Å². The number of ether oxygens (including phenoxy) is 2. The first-order valence-electron chi connectivity index (χ1n) is 9.14. The summed E-state index contributed by atoms with van der Waals surface area (Å²) in [5.41, 5.74) is 5.08. The van der Waals surface area contributed by atoms with E-state index in [1.165, 1.54) is 0 Å². The van der Waals surface area contributed by atoms with Crippen LogP contribution < -0.4 is 4.74 Å². The second kappa shape index (κ2) is 8.25. The van der Waals surface area contributed by atoms with E-state index in [0.717, 1.165) is 27.8 Å². The van der Waals surface area contributed by atoms with Gasteiger partial charge >= 0.3 is 5.97 Å². The second-order valence-electron chi connectivity index (χ2n) is 6.96. The quantitative estimate of drug-likeness (QED) is 0.579. The number of aromatic nitrogens is 2. The van der Waals surface area contributed by atoms with Crippen molar-refractivity contribution in [2.45, 2.75) is 40.7 Å². The molecule has 0 spiro atoms. The molecule has 0 unspecified atom stereocenters. The average molecular weight is 380 g/mol. The van der Waals surface area contributed by atoms with Gasteiger partial charge in [-0.2, -0.15) is 0 Å². The van der Waals surface area contributed by atoms with Crippen molar-refractivity contribution >= 4 is 5.97 Å². The second-order valence-corrected chi connectivity index (χ2v) is 6.96. The third kappa shape index (κ3) is 4.57. The Morgan fingerprint density at radius 2 is 1.64 bits per heavy atom. The van der Waals surface area contributed by atoms with E-state index in [0.29, 0.717) is 11.6 Å². The highest BCUT2D eigenvalue weighted by atomic mass is 16.6. The fourth-order valence-electron chi connectivity index (χ4n) is 3.02. The topological polar surface area (TPSA) is 74.5 Å². The van der Waals surface area contributed by atoms with Crippen LogP contribution >= 0.6 is 0 Å². The molecule has 28 heavy (non-hydrogen) atoms. The Morgan fingerprint density at radius 1 is 1.00 bits per heavy atom. The van der Waals surface area contributed by atoms with Crippen molar-refractivity contribution < 1.29 is 18.7 Å². The van der Waals surface area contributed by atoms with Gasteiger partial charge in [0.2, 0.25) is 5.89 Å². The zero-order chi connectivity index (χ0) is 20.3. The van der Waals surface area contributed by atoms with E-state index < -0.39 is 12.1 Å². The summed E-state index contributed by atoms with van der Waals surface area (Å²) in [6, 6.07) is 11.8. The van der Waals surface area contributed by atoms with Gasteiger partial charge in [-0.3, -0.25) is 0 Å². The van der Waals surface area contributed by atoms with Crippen LogP contribution in [0.4, 0.5) is 0 Å². The van der Waals surface area contributed by atoms with Crippen LogP contribution in [0.25, 0.3) is 11.5 Å². The number of esters is 1. The van der Waals surface area contributed by atoms with Crippen LogP contribution in [0.15, 0.2) is 40.8 Å². The molecule has 146 valence electrons. The van der Waals surface area contributed by atoms with Crippen molar-refractivity contribution in [1.29, 1.82) is 0 Å². The van der Waals surface area contributed by atoms with Gasteiger partial charge < -0.3 is 13.9 Å². The highest BCUT2D eigenvalue weighted by Crippen LogP contribution is 2.25. The average Bonchev–Trinajstić information content (AvgIpc) is 3.11. The Balaban J connectivity index is 1.60. The first-order chi connectivity index (χ1) is 13.3.